The fourth-order valence-electron chi connectivity index (χ4n) is 3.33. The minimum Gasteiger partial charge on any atom is -0.497 e. The van der Waals surface area contributed by atoms with Gasteiger partial charge in [0, 0.05) is 0 Å². The number of aromatic nitrogens is 2. The number of rotatable bonds is 7. The molecule has 1 heterocycles. The molecule has 0 aliphatic heterocycles. The zero-order valence-corrected chi connectivity index (χ0v) is 18.2. The van der Waals surface area contributed by atoms with E-state index >= 15 is 0 Å². The highest BCUT2D eigenvalue weighted by Gasteiger charge is 2.28. The lowest BCUT2D eigenvalue weighted by Crippen LogP contribution is -2.30. The van der Waals surface area contributed by atoms with Gasteiger partial charge >= 0.3 is 0 Å². The summed E-state index contributed by atoms with van der Waals surface area (Å²) in [5.74, 6) is 0.599. The largest absolute Gasteiger partial charge is 0.497 e. The zero-order valence-electron chi connectivity index (χ0n) is 17.3. The van der Waals surface area contributed by atoms with Crippen LogP contribution in [0.4, 0.5) is 5.69 Å². The molecule has 0 aliphatic rings. The summed E-state index contributed by atoms with van der Waals surface area (Å²) >= 11 is 0. The van der Waals surface area contributed by atoms with E-state index in [1.165, 1.54) is 4.31 Å². The predicted molar refractivity (Wildman–Crippen MR) is 121 cm³/mol. The van der Waals surface area contributed by atoms with E-state index in [1.54, 1.807) is 42.3 Å². The molecule has 0 unspecified atom stereocenters. The summed E-state index contributed by atoms with van der Waals surface area (Å²) in [5, 5.41) is 4.57. The van der Waals surface area contributed by atoms with Gasteiger partial charge in [-0.25, -0.2) is 13.1 Å². The molecule has 0 atom stereocenters. The topological polar surface area (TPSA) is 64.4 Å². The summed E-state index contributed by atoms with van der Waals surface area (Å²) in [7, 11) is -2.30. The molecule has 3 aromatic carbocycles. The van der Waals surface area contributed by atoms with E-state index in [2.05, 4.69) is 5.10 Å². The van der Waals surface area contributed by atoms with Gasteiger partial charge in [0.15, 0.2) is 0 Å². The predicted octanol–water partition coefficient (Wildman–Crippen LogP) is 4.58. The Morgan fingerprint density at radius 1 is 0.903 bits per heavy atom. The second-order valence-corrected chi connectivity index (χ2v) is 8.91. The van der Waals surface area contributed by atoms with Crippen LogP contribution in [0.2, 0.25) is 0 Å². The van der Waals surface area contributed by atoms with Crippen molar-refractivity contribution in [2.75, 3.05) is 11.4 Å². The molecule has 0 N–H and O–H groups in total. The van der Waals surface area contributed by atoms with Crippen LogP contribution in [0.5, 0.6) is 5.75 Å². The number of methoxy groups -OCH3 is 1. The van der Waals surface area contributed by atoms with Crippen molar-refractivity contribution in [3.63, 3.8) is 0 Å². The molecule has 31 heavy (non-hydrogen) atoms. The van der Waals surface area contributed by atoms with Crippen LogP contribution in [0.1, 0.15) is 11.3 Å². The standard InChI is InChI=1S/C24H23N3O3S/c1-19-24(18-26(25-19)21-11-7-4-8-12-21)27(17-20-9-5-3-6-10-20)31(28,29)23-15-13-22(30-2)14-16-23/h3-16,18H,17H2,1-2H3. The van der Waals surface area contributed by atoms with Crippen LogP contribution < -0.4 is 9.04 Å². The number of ether oxygens (including phenoxy) is 1. The second kappa shape index (κ2) is 8.65. The monoisotopic (exact) mass is 433 g/mol. The van der Waals surface area contributed by atoms with E-state index in [-0.39, 0.29) is 11.4 Å². The van der Waals surface area contributed by atoms with E-state index in [0.717, 1.165) is 11.3 Å². The Hall–Kier alpha value is -3.58. The van der Waals surface area contributed by atoms with Crippen LogP contribution >= 0.6 is 0 Å². The molecule has 0 amide bonds. The molecular weight excluding hydrogens is 410 g/mol. The highest BCUT2D eigenvalue weighted by Crippen LogP contribution is 2.30. The normalized spacial score (nSPS) is 11.3. The van der Waals surface area contributed by atoms with Crippen LogP contribution in [-0.2, 0) is 16.6 Å². The molecule has 0 spiro atoms. The number of sulfonamides is 1. The fraction of sp³-hybridized carbons (Fsp3) is 0.125. The SMILES string of the molecule is COc1ccc(S(=O)(=O)N(Cc2ccccc2)c2cn(-c3ccccc3)nc2C)cc1. The Kier molecular flexibility index (Phi) is 5.77. The van der Waals surface area contributed by atoms with Crippen molar-refractivity contribution in [3.05, 3.63) is 102 Å². The van der Waals surface area contributed by atoms with Crippen LogP contribution in [0.3, 0.4) is 0 Å². The average molecular weight is 434 g/mol. The first kappa shape index (κ1) is 20.7. The van der Waals surface area contributed by atoms with Crippen molar-refractivity contribution in [1.29, 1.82) is 0 Å². The Balaban J connectivity index is 1.80. The summed E-state index contributed by atoms with van der Waals surface area (Å²) in [4.78, 5) is 0.191. The molecule has 0 aliphatic carbocycles. The third-order valence-corrected chi connectivity index (χ3v) is 6.75. The van der Waals surface area contributed by atoms with E-state index in [4.69, 9.17) is 4.74 Å². The number of para-hydroxylation sites is 1. The van der Waals surface area contributed by atoms with Gasteiger partial charge in [0.25, 0.3) is 10.0 Å². The minimum atomic E-state index is -3.84. The summed E-state index contributed by atoms with van der Waals surface area (Å²) in [6.07, 6.45) is 1.76. The molecule has 7 heteroatoms. The van der Waals surface area contributed by atoms with E-state index in [1.807, 2.05) is 67.6 Å². The third-order valence-electron chi connectivity index (χ3n) is 4.98. The summed E-state index contributed by atoms with van der Waals surface area (Å²) in [6.45, 7) is 2.01. The first-order valence-corrected chi connectivity index (χ1v) is 11.3. The Morgan fingerprint density at radius 2 is 1.52 bits per heavy atom. The van der Waals surface area contributed by atoms with Crippen LogP contribution in [-0.4, -0.2) is 25.3 Å². The number of aryl methyl sites for hydroxylation is 1. The van der Waals surface area contributed by atoms with Gasteiger partial charge in [-0.15, -0.1) is 0 Å². The number of anilines is 1. The highest BCUT2D eigenvalue weighted by molar-refractivity contribution is 7.92. The molecule has 4 aromatic rings. The Labute approximate surface area is 182 Å². The molecular formula is C24H23N3O3S. The van der Waals surface area contributed by atoms with Gasteiger partial charge in [-0.1, -0.05) is 48.5 Å². The lowest BCUT2D eigenvalue weighted by atomic mass is 10.2. The highest BCUT2D eigenvalue weighted by atomic mass is 32.2. The maximum Gasteiger partial charge on any atom is 0.264 e. The average Bonchev–Trinajstić information content (AvgIpc) is 3.20. The van der Waals surface area contributed by atoms with Crippen LogP contribution in [0.15, 0.2) is 96.0 Å². The third kappa shape index (κ3) is 4.32. The molecule has 0 saturated heterocycles. The molecule has 0 radical (unpaired) electrons. The minimum absolute atomic E-state index is 0.191. The first-order chi connectivity index (χ1) is 15.0. The Bertz CT molecular complexity index is 1250. The molecule has 0 saturated carbocycles. The molecule has 1 aromatic heterocycles. The maximum absolute atomic E-state index is 13.7. The van der Waals surface area contributed by atoms with E-state index in [0.29, 0.717) is 17.1 Å². The maximum atomic E-state index is 13.7. The van der Waals surface area contributed by atoms with Gasteiger partial charge in [0.05, 0.1) is 41.8 Å². The van der Waals surface area contributed by atoms with Crippen molar-refractivity contribution in [2.45, 2.75) is 18.4 Å². The van der Waals surface area contributed by atoms with Crippen LogP contribution in [0.25, 0.3) is 5.69 Å². The van der Waals surface area contributed by atoms with Gasteiger partial charge in [0.1, 0.15) is 5.75 Å². The van der Waals surface area contributed by atoms with Gasteiger partial charge in [0.2, 0.25) is 0 Å². The second-order valence-electron chi connectivity index (χ2n) is 7.05. The smallest absolute Gasteiger partial charge is 0.264 e. The van der Waals surface area contributed by atoms with Gasteiger partial charge in [-0.2, -0.15) is 5.10 Å². The number of hydrogen-bond acceptors (Lipinski definition) is 4. The van der Waals surface area contributed by atoms with Crippen molar-refractivity contribution >= 4 is 15.7 Å². The molecule has 6 nitrogen and oxygen atoms in total. The summed E-state index contributed by atoms with van der Waals surface area (Å²) in [5.41, 5.74) is 2.89. The van der Waals surface area contributed by atoms with Gasteiger partial charge in [-0.3, -0.25) is 4.31 Å². The number of nitrogens with zero attached hydrogens (tertiary/aromatic N) is 3. The van der Waals surface area contributed by atoms with Crippen molar-refractivity contribution in [3.8, 4) is 11.4 Å². The van der Waals surface area contributed by atoms with Crippen molar-refractivity contribution in [1.82, 2.24) is 9.78 Å². The van der Waals surface area contributed by atoms with Crippen molar-refractivity contribution < 1.29 is 13.2 Å². The quantitative estimate of drug-likeness (QED) is 0.428. The molecule has 0 bridgehead atoms. The van der Waals surface area contributed by atoms with Gasteiger partial charge in [-0.05, 0) is 48.9 Å². The van der Waals surface area contributed by atoms with E-state index in [9.17, 15) is 8.42 Å². The molecule has 0 fully saturated rings. The number of benzene rings is 3. The Morgan fingerprint density at radius 3 is 2.13 bits per heavy atom. The van der Waals surface area contributed by atoms with Gasteiger partial charge < -0.3 is 4.74 Å². The molecule has 158 valence electrons. The van der Waals surface area contributed by atoms with Crippen molar-refractivity contribution in [2.24, 2.45) is 0 Å². The zero-order chi connectivity index (χ0) is 21.8. The van der Waals surface area contributed by atoms with Crippen LogP contribution in [0, 0.1) is 6.92 Å². The molecule has 4 rings (SSSR count). The summed E-state index contributed by atoms with van der Waals surface area (Å²) in [6, 6.07) is 25.5. The number of hydrogen-bond donors (Lipinski definition) is 0. The lowest BCUT2D eigenvalue weighted by Gasteiger charge is -2.24. The fourth-order valence-corrected chi connectivity index (χ4v) is 4.82. The summed E-state index contributed by atoms with van der Waals surface area (Å²) < 4.78 is 35.6. The first-order valence-electron chi connectivity index (χ1n) is 9.81. The van der Waals surface area contributed by atoms with E-state index < -0.39 is 10.0 Å². The lowest BCUT2D eigenvalue weighted by molar-refractivity contribution is 0.414.